The Hall–Kier alpha value is -3.75. The third-order valence-corrected chi connectivity index (χ3v) is 6.45. The predicted octanol–water partition coefficient (Wildman–Crippen LogP) is 3.19. The fraction of sp³-hybridized carbons (Fsp3) is 0.296. The standard InChI is InChI=1S/C27H27N3O5/c1-18-7-10-24(35-18)23(29-11-13-34-14-12-29)16-28-25(31)20-8-9-21-22(15-20)27(33)30(26(21)32)17-19-5-3-2-4-6-19/h2-10,15,23H,11-14,16-17H2,1H3,(H,28,31). The number of rotatable bonds is 7. The van der Waals surface area contributed by atoms with Gasteiger partial charge in [-0.2, -0.15) is 0 Å². The summed E-state index contributed by atoms with van der Waals surface area (Å²) in [5.74, 6) is 0.556. The smallest absolute Gasteiger partial charge is 0.261 e. The van der Waals surface area contributed by atoms with E-state index in [1.54, 1.807) is 12.1 Å². The van der Waals surface area contributed by atoms with Crippen molar-refractivity contribution in [2.45, 2.75) is 19.5 Å². The minimum absolute atomic E-state index is 0.129. The van der Waals surface area contributed by atoms with Gasteiger partial charge in [-0.25, -0.2) is 0 Å². The molecule has 2 aliphatic rings. The lowest BCUT2D eigenvalue weighted by Crippen LogP contribution is -2.43. The van der Waals surface area contributed by atoms with E-state index in [4.69, 9.17) is 9.15 Å². The van der Waals surface area contributed by atoms with Crippen molar-refractivity contribution in [1.82, 2.24) is 15.1 Å². The van der Waals surface area contributed by atoms with Gasteiger partial charge < -0.3 is 14.5 Å². The van der Waals surface area contributed by atoms with Crippen molar-refractivity contribution >= 4 is 17.7 Å². The third-order valence-electron chi connectivity index (χ3n) is 6.45. The van der Waals surface area contributed by atoms with Crippen LogP contribution in [0.5, 0.6) is 0 Å². The molecule has 35 heavy (non-hydrogen) atoms. The van der Waals surface area contributed by atoms with Crippen molar-refractivity contribution in [2.75, 3.05) is 32.8 Å². The second-order valence-corrected chi connectivity index (χ2v) is 8.76. The Balaban J connectivity index is 1.30. The molecule has 1 aromatic heterocycles. The zero-order chi connectivity index (χ0) is 24.4. The number of nitrogens with one attached hydrogen (secondary N) is 1. The zero-order valence-corrected chi connectivity index (χ0v) is 19.5. The third kappa shape index (κ3) is 4.76. The van der Waals surface area contributed by atoms with E-state index in [9.17, 15) is 14.4 Å². The summed E-state index contributed by atoms with van der Waals surface area (Å²) in [5.41, 5.74) is 1.77. The van der Waals surface area contributed by atoms with Gasteiger partial charge in [-0.3, -0.25) is 24.2 Å². The molecule has 1 fully saturated rings. The van der Waals surface area contributed by atoms with Crippen LogP contribution in [0.25, 0.3) is 0 Å². The summed E-state index contributed by atoms with van der Waals surface area (Å²) in [4.78, 5) is 42.3. The lowest BCUT2D eigenvalue weighted by molar-refractivity contribution is 0.0117. The van der Waals surface area contributed by atoms with Crippen LogP contribution in [-0.4, -0.2) is 60.4 Å². The average molecular weight is 474 g/mol. The van der Waals surface area contributed by atoms with Gasteiger partial charge in [0.2, 0.25) is 0 Å². The molecule has 0 spiro atoms. The van der Waals surface area contributed by atoms with E-state index in [0.717, 1.165) is 30.2 Å². The molecule has 1 N–H and O–H groups in total. The molecule has 180 valence electrons. The molecule has 0 bridgehead atoms. The fourth-order valence-electron chi connectivity index (χ4n) is 4.56. The Kier molecular flexibility index (Phi) is 6.48. The molecule has 3 aromatic rings. The van der Waals surface area contributed by atoms with Crippen LogP contribution < -0.4 is 5.32 Å². The molecule has 0 aliphatic carbocycles. The quantitative estimate of drug-likeness (QED) is 0.530. The molecule has 5 rings (SSSR count). The molecular formula is C27H27N3O5. The normalized spacial score (nSPS) is 16.9. The van der Waals surface area contributed by atoms with E-state index < -0.39 is 0 Å². The molecule has 8 nitrogen and oxygen atoms in total. The van der Waals surface area contributed by atoms with Crippen molar-refractivity contribution in [3.05, 3.63) is 94.4 Å². The second-order valence-electron chi connectivity index (χ2n) is 8.76. The molecule has 0 radical (unpaired) electrons. The number of hydrogen-bond acceptors (Lipinski definition) is 6. The molecule has 3 amide bonds. The molecule has 2 aliphatic heterocycles. The van der Waals surface area contributed by atoms with Crippen LogP contribution >= 0.6 is 0 Å². The van der Waals surface area contributed by atoms with E-state index in [0.29, 0.717) is 30.9 Å². The SMILES string of the molecule is Cc1ccc(C(CNC(=O)c2ccc3c(c2)C(=O)N(Cc2ccccc2)C3=O)N2CCOCC2)o1. The number of nitrogens with zero attached hydrogens (tertiary/aromatic N) is 2. The predicted molar refractivity (Wildman–Crippen MR) is 128 cm³/mol. The van der Waals surface area contributed by atoms with Crippen molar-refractivity contribution in [3.8, 4) is 0 Å². The van der Waals surface area contributed by atoms with Crippen molar-refractivity contribution < 1.29 is 23.5 Å². The van der Waals surface area contributed by atoms with Gasteiger partial charge in [0.05, 0.1) is 36.9 Å². The summed E-state index contributed by atoms with van der Waals surface area (Å²) in [7, 11) is 0. The van der Waals surface area contributed by atoms with Crippen LogP contribution in [0, 0.1) is 6.92 Å². The van der Waals surface area contributed by atoms with Crippen LogP contribution in [-0.2, 0) is 11.3 Å². The summed E-state index contributed by atoms with van der Waals surface area (Å²) >= 11 is 0. The van der Waals surface area contributed by atoms with Crippen LogP contribution in [0.2, 0.25) is 0 Å². The maximum absolute atomic E-state index is 13.0. The number of furan rings is 1. The molecule has 0 saturated carbocycles. The molecule has 1 atom stereocenters. The van der Waals surface area contributed by atoms with Crippen molar-refractivity contribution in [2.24, 2.45) is 0 Å². The van der Waals surface area contributed by atoms with E-state index in [-0.39, 0.29) is 35.9 Å². The van der Waals surface area contributed by atoms with Gasteiger partial charge in [-0.05, 0) is 42.8 Å². The average Bonchev–Trinajstić information content (AvgIpc) is 3.42. The Morgan fingerprint density at radius 1 is 0.971 bits per heavy atom. The number of aryl methyl sites for hydroxylation is 1. The first-order valence-corrected chi connectivity index (χ1v) is 11.7. The number of carbonyl (C=O) groups excluding carboxylic acids is 3. The van der Waals surface area contributed by atoms with Gasteiger partial charge in [-0.1, -0.05) is 30.3 Å². The maximum atomic E-state index is 13.0. The number of carbonyl (C=O) groups is 3. The lowest BCUT2D eigenvalue weighted by Gasteiger charge is -2.33. The van der Waals surface area contributed by atoms with Crippen LogP contribution in [0.4, 0.5) is 0 Å². The number of imide groups is 1. The summed E-state index contributed by atoms with van der Waals surface area (Å²) in [6, 6.07) is 17.7. The van der Waals surface area contributed by atoms with Gasteiger partial charge >= 0.3 is 0 Å². The maximum Gasteiger partial charge on any atom is 0.261 e. The first-order valence-electron chi connectivity index (χ1n) is 11.7. The zero-order valence-electron chi connectivity index (χ0n) is 19.5. The summed E-state index contributed by atoms with van der Waals surface area (Å²) in [5, 5.41) is 2.98. The van der Waals surface area contributed by atoms with Gasteiger partial charge in [0.1, 0.15) is 11.5 Å². The highest BCUT2D eigenvalue weighted by Gasteiger charge is 2.36. The van der Waals surface area contributed by atoms with Gasteiger partial charge in [-0.15, -0.1) is 0 Å². The topological polar surface area (TPSA) is 92.1 Å². The van der Waals surface area contributed by atoms with E-state index in [2.05, 4.69) is 10.2 Å². The fourth-order valence-corrected chi connectivity index (χ4v) is 4.56. The first kappa shape index (κ1) is 23.0. The van der Waals surface area contributed by atoms with Gasteiger partial charge in [0.15, 0.2) is 0 Å². The second kappa shape index (κ2) is 9.85. The minimum atomic E-state index is -0.388. The van der Waals surface area contributed by atoms with Gasteiger partial charge in [0.25, 0.3) is 17.7 Å². The van der Waals surface area contributed by atoms with E-state index in [1.807, 2.05) is 49.4 Å². The van der Waals surface area contributed by atoms with Crippen LogP contribution in [0.3, 0.4) is 0 Å². The number of amides is 3. The Morgan fingerprint density at radius 3 is 2.43 bits per heavy atom. The molecule has 2 aromatic carbocycles. The lowest BCUT2D eigenvalue weighted by atomic mass is 10.0. The molecule has 1 saturated heterocycles. The monoisotopic (exact) mass is 473 g/mol. The number of benzene rings is 2. The number of hydrogen-bond donors (Lipinski definition) is 1. The van der Waals surface area contributed by atoms with Crippen LogP contribution in [0.1, 0.15) is 54.2 Å². The Morgan fingerprint density at radius 2 is 1.71 bits per heavy atom. The van der Waals surface area contributed by atoms with Crippen molar-refractivity contribution in [3.63, 3.8) is 0 Å². The number of morpholine rings is 1. The molecular weight excluding hydrogens is 446 g/mol. The van der Waals surface area contributed by atoms with E-state index in [1.165, 1.54) is 11.0 Å². The Bertz CT molecular complexity index is 1250. The highest BCUT2D eigenvalue weighted by Crippen LogP contribution is 2.27. The van der Waals surface area contributed by atoms with E-state index >= 15 is 0 Å². The highest BCUT2D eigenvalue weighted by molar-refractivity contribution is 6.22. The highest BCUT2D eigenvalue weighted by atomic mass is 16.5. The molecule has 1 unspecified atom stereocenters. The van der Waals surface area contributed by atoms with Crippen molar-refractivity contribution in [1.29, 1.82) is 0 Å². The number of ether oxygens (including phenoxy) is 1. The molecule has 8 heteroatoms. The largest absolute Gasteiger partial charge is 0.465 e. The minimum Gasteiger partial charge on any atom is -0.465 e. The summed E-state index contributed by atoms with van der Waals surface area (Å²) in [6.45, 7) is 5.17. The Labute approximate surface area is 203 Å². The van der Waals surface area contributed by atoms with Crippen LogP contribution in [0.15, 0.2) is 65.1 Å². The summed E-state index contributed by atoms with van der Waals surface area (Å²) in [6.07, 6.45) is 0. The van der Waals surface area contributed by atoms with Gasteiger partial charge in [0, 0.05) is 25.2 Å². The first-order chi connectivity index (χ1) is 17.0. The molecule has 3 heterocycles. The number of fused-ring (bicyclic) bond motifs is 1. The summed E-state index contributed by atoms with van der Waals surface area (Å²) < 4.78 is 11.3.